The molecular weight excluding hydrogens is 773 g/mol. The van der Waals surface area contributed by atoms with Crippen molar-refractivity contribution in [2.75, 3.05) is 29.3 Å². The van der Waals surface area contributed by atoms with Crippen LogP contribution < -0.4 is 46.7 Å². The summed E-state index contributed by atoms with van der Waals surface area (Å²) in [6.07, 6.45) is 1.31. The predicted octanol–water partition coefficient (Wildman–Crippen LogP) is 5.36. The minimum Gasteiger partial charge on any atom is -0.489 e. The molecule has 314 valence electrons. The number of hydrazine groups is 1. The van der Waals surface area contributed by atoms with E-state index < -0.39 is 60.2 Å². The van der Waals surface area contributed by atoms with Crippen molar-refractivity contribution >= 4 is 52.6 Å². The van der Waals surface area contributed by atoms with Crippen LogP contribution in [0.2, 0.25) is 0 Å². The van der Waals surface area contributed by atoms with Crippen molar-refractivity contribution in [3.05, 3.63) is 132 Å². The van der Waals surface area contributed by atoms with Gasteiger partial charge in [0.1, 0.15) is 36.3 Å². The van der Waals surface area contributed by atoms with Gasteiger partial charge in [-0.05, 0) is 94.4 Å². The summed E-state index contributed by atoms with van der Waals surface area (Å²) in [5.74, 6) is -4.71. The van der Waals surface area contributed by atoms with Crippen LogP contribution in [-0.4, -0.2) is 67.0 Å². The first-order valence-corrected chi connectivity index (χ1v) is 18.8. The van der Waals surface area contributed by atoms with Crippen LogP contribution in [-0.2, 0) is 14.3 Å². The van der Waals surface area contributed by atoms with Crippen molar-refractivity contribution in [3.8, 4) is 17.2 Å². The molecule has 0 aliphatic rings. The molecule has 0 fully saturated rings. The van der Waals surface area contributed by atoms with E-state index in [-0.39, 0.29) is 64.1 Å². The molecule has 0 saturated carbocycles. The standard InChI is InChI=1S/C44H48N6O10/c1-7-22-57-38-32(44(56)58-23-8-2)19-21-35(39(38)60-27(5)6)50(49-41(53)28-12-10-9-11-13-28)43(55)30-16-20-33(36(24-30)59-26(3)4)47-42(54)34(25-37(46)51)48-40(52)29-14-17-31(45)18-15-29/h7-21,24,26-27,34H,1-2,22-23,25,45H2,3-6H3,(H2,46,51)(H,47,54)(H,48,52)(H,49,53). The number of nitrogens with two attached hydrogens (primary N) is 2. The summed E-state index contributed by atoms with van der Waals surface area (Å²) in [5, 5.41) is 6.12. The normalized spacial score (nSPS) is 11.1. The first kappa shape index (κ1) is 45.1. The van der Waals surface area contributed by atoms with E-state index in [4.69, 9.17) is 30.4 Å². The average Bonchev–Trinajstić information content (AvgIpc) is 3.21. The highest BCUT2D eigenvalue weighted by molar-refractivity contribution is 6.11. The second-order valence-corrected chi connectivity index (χ2v) is 13.6. The van der Waals surface area contributed by atoms with E-state index in [0.717, 1.165) is 5.01 Å². The van der Waals surface area contributed by atoms with E-state index in [2.05, 4.69) is 29.2 Å². The van der Waals surface area contributed by atoms with E-state index in [9.17, 15) is 28.8 Å². The van der Waals surface area contributed by atoms with Crippen LogP contribution >= 0.6 is 0 Å². The van der Waals surface area contributed by atoms with Gasteiger partial charge in [-0.3, -0.25) is 29.4 Å². The van der Waals surface area contributed by atoms with Gasteiger partial charge in [0.15, 0.2) is 11.5 Å². The molecule has 0 aliphatic carbocycles. The van der Waals surface area contributed by atoms with Crippen molar-refractivity contribution in [2.24, 2.45) is 5.73 Å². The number of hydrogen-bond acceptors (Lipinski definition) is 11. The molecule has 4 rings (SSSR count). The van der Waals surface area contributed by atoms with Gasteiger partial charge >= 0.3 is 5.97 Å². The van der Waals surface area contributed by atoms with E-state index in [0.29, 0.717) is 5.69 Å². The zero-order valence-electron chi connectivity index (χ0n) is 33.7. The Kier molecular flexibility index (Phi) is 16.0. The SMILES string of the molecule is C=CCOC(=O)c1ccc(N(NC(=O)c2ccccc2)C(=O)c2ccc(NC(=O)C(CC(N)=O)NC(=O)c3ccc(N)cc3)c(OC(C)C)c2)c(OC(C)C)c1OCC=C. The van der Waals surface area contributed by atoms with Gasteiger partial charge < -0.3 is 41.0 Å². The van der Waals surface area contributed by atoms with Crippen molar-refractivity contribution in [1.82, 2.24) is 10.7 Å². The zero-order chi connectivity index (χ0) is 43.9. The molecule has 0 aromatic heterocycles. The fourth-order valence-corrected chi connectivity index (χ4v) is 5.46. The van der Waals surface area contributed by atoms with Gasteiger partial charge in [0.25, 0.3) is 17.7 Å². The van der Waals surface area contributed by atoms with E-state index in [1.807, 2.05) is 0 Å². The van der Waals surface area contributed by atoms with Gasteiger partial charge in [-0.15, -0.1) is 0 Å². The van der Waals surface area contributed by atoms with Crippen LogP contribution in [0.4, 0.5) is 17.1 Å². The van der Waals surface area contributed by atoms with Crippen LogP contribution in [0.5, 0.6) is 17.2 Å². The lowest BCUT2D eigenvalue weighted by atomic mass is 10.1. The smallest absolute Gasteiger partial charge is 0.342 e. The van der Waals surface area contributed by atoms with Gasteiger partial charge in [0.05, 0.1) is 24.3 Å². The Morgan fingerprint density at radius 2 is 1.38 bits per heavy atom. The maximum absolute atomic E-state index is 14.8. The highest BCUT2D eigenvalue weighted by atomic mass is 16.5. The number of rotatable bonds is 19. The lowest BCUT2D eigenvalue weighted by Gasteiger charge is -2.28. The maximum atomic E-state index is 14.8. The molecule has 0 heterocycles. The van der Waals surface area contributed by atoms with Crippen LogP contribution in [0, 0.1) is 0 Å². The van der Waals surface area contributed by atoms with E-state index >= 15 is 0 Å². The molecule has 0 spiro atoms. The molecule has 0 saturated heterocycles. The second kappa shape index (κ2) is 21.2. The molecule has 4 aromatic rings. The molecular formula is C44H48N6O10. The quantitative estimate of drug-likeness (QED) is 0.0350. The van der Waals surface area contributed by atoms with Crippen molar-refractivity contribution in [2.45, 2.75) is 52.4 Å². The average molecular weight is 821 g/mol. The lowest BCUT2D eigenvalue weighted by Crippen LogP contribution is -2.47. The number of amides is 5. The van der Waals surface area contributed by atoms with Crippen LogP contribution in [0.3, 0.4) is 0 Å². The number of anilines is 3. The number of nitrogens with one attached hydrogen (secondary N) is 3. The monoisotopic (exact) mass is 820 g/mol. The largest absolute Gasteiger partial charge is 0.489 e. The summed E-state index contributed by atoms with van der Waals surface area (Å²) in [6.45, 7) is 14.0. The molecule has 60 heavy (non-hydrogen) atoms. The number of carbonyl (C=O) groups excluding carboxylic acids is 6. The highest BCUT2D eigenvalue weighted by Crippen LogP contribution is 2.42. The molecule has 7 N–H and O–H groups in total. The van der Waals surface area contributed by atoms with E-state index in [1.54, 1.807) is 58.0 Å². The zero-order valence-corrected chi connectivity index (χ0v) is 33.7. The minimum absolute atomic E-state index is 0.0211. The fraction of sp³-hybridized carbons (Fsp3) is 0.227. The third-order valence-corrected chi connectivity index (χ3v) is 8.09. The van der Waals surface area contributed by atoms with Gasteiger partial charge in [-0.25, -0.2) is 9.80 Å². The third-order valence-electron chi connectivity index (χ3n) is 8.09. The second-order valence-electron chi connectivity index (χ2n) is 13.6. The number of benzene rings is 4. The number of nitrogens with zero attached hydrogens (tertiary/aromatic N) is 1. The summed E-state index contributed by atoms with van der Waals surface area (Å²) in [5.41, 5.74) is 14.6. The molecule has 0 radical (unpaired) electrons. The maximum Gasteiger partial charge on any atom is 0.342 e. The molecule has 1 atom stereocenters. The molecule has 16 nitrogen and oxygen atoms in total. The Balaban J connectivity index is 1.82. The van der Waals surface area contributed by atoms with Gasteiger partial charge in [0.2, 0.25) is 11.8 Å². The summed E-state index contributed by atoms with van der Waals surface area (Å²) < 4.78 is 23.5. The first-order chi connectivity index (χ1) is 28.6. The molecule has 1 unspecified atom stereocenters. The molecule has 0 aliphatic heterocycles. The Morgan fingerprint density at radius 1 is 0.750 bits per heavy atom. The van der Waals surface area contributed by atoms with Crippen LogP contribution in [0.1, 0.15) is 75.5 Å². The summed E-state index contributed by atoms with van der Waals surface area (Å²) in [4.78, 5) is 80.3. The lowest BCUT2D eigenvalue weighted by molar-refractivity contribution is -0.123. The Bertz CT molecular complexity index is 2220. The highest BCUT2D eigenvalue weighted by Gasteiger charge is 2.31. The molecule has 4 aromatic carbocycles. The fourth-order valence-electron chi connectivity index (χ4n) is 5.46. The van der Waals surface area contributed by atoms with Crippen molar-refractivity contribution in [3.63, 3.8) is 0 Å². The number of esters is 1. The number of hydrogen-bond donors (Lipinski definition) is 5. The molecule has 5 amide bonds. The number of carbonyl (C=O) groups is 6. The number of ether oxygens (including phenoxy) is 4. The molecule has 0 bridgehead atoms. The third kappa shape index (κ3) is 12.2. The number of nitrogen functional groups attached to an aromatic ring is 1. The Hall–Kier alpha value is -7.62. The summed E-state index contributed by atoms with van der Waals surface area (Å²) in [6, 6.07) is 19.5. The van der Waals surface area contributed by atoms with Crippen LogP contribution in [0.25, 0.3) is 0 Å². The van der Waals surface area contributed by atoms with Gasteiger partial charge in [-0.2, -0.15) is 0 Å². The van der Waals surface area contributed by atoms with Crippen molar-refractivity contribution < 1.29 is 47.7 Å². The molecule has 16 heteroatoms. The minimum atomic E-state index is -1.40. The summed E-state index contributed by atoms with van der Waals surface area (Å²) in [7, 11) is 0. The Labute approximate surface area is 347 Å². The van der Waals surface area contributed by atoms with Crippen molar-refractivity contribution in [1.29, 1.82) is 0 Å². The van der Waals surface area contributed by atoms with E-state index in [1.165, 1.54) is 66.7 Å². The predicted molar refractivity (Wildman–Crippen MR) is 226 cm³/mol. The topological polar surface area (TPSA) is 231 Å². The van der Waals surface area contributed by atoms with Gasteiger partial charge in [-0.1, -0.05) is 43.5 Å². The first-order valence-electron chi connectivity index (χ1n) is 18.8. The Morgan fingerprint density at radius 3 is 2.00 bits per heavy atom. The summed E-state index contributed by atoms with van der Waals surface area (Å²) >= 11 is 0. The van der Waals surface area contributed by atoms with Crippen LogP contribution in [0.15, 0.2) is 110 Å². The van der Waals surface area contributed by atoms with Gasteiger partial charge in [0, 0.05) is 22.4 Å². The number of primary amides is 1.